The van der Waals surface area contributed by atoms with E-state index in [1.165, 1.54) is 0 Å². The van der Waals surface area contributed by atoms with Crippen LogP contribution in [0.25, 0.3) is 10.8 Å². The van der Waals surface area contributed by atoms with Crippen molar-refractivity contribution in [1.29, 1.82) is 0 Å². The minimum absolute atomic E-state index is 0. The maximum absolute atomic E-state index is 9.98. The highest BCUT2D eigenvalue weighted by molar-refractivity contribution is 5.88. The largest absolute Gasteiger partial charge is 0.508 e. The van der Waals surface area contributed by atoms with Gasteiger partial charge in [0.15, 0.2) is 0 Å². The summed E-state index contributed by atoms with van der Waals surface area (Å²) in [5.74, 6) is 0.262. The molecule has 0 amide bonds. The van der Waals surface area contributed by atoms with Crippen LogP contribution in [0, 0.1) is 0 Å². The van der Waals surface area contributed by atoms with Crippen molar-refractivity contribution in [3.63, 3.8) is 0 Å². The second-order valence-corrected chi connectivity index (χ2v) is 4.49. The number of hydrogen-bond acceptors (Lipinski definition) is 2. The van der Waals surface area contributed by atoms with Crippen molar-refractivity contribution in [2.45, 2.75) is 19.4 Å². The average Bonchev–Trinajstić information content (AvgIpc) is 2.27. The van der Waals surface area contributed by atoms with Crippen molar-refractivity contribution in [3.8, 4) is 5.75 Å². The first-order valence-corrected chi connectivity index (χ1v) is 5.70. The molecule has 2 nitrogen and oxygen atoms in total. The first kappa shape index (κ1) is 14.6. The van der Waals surface area contributed by atoms with Gasteiger partial charge in [-0.15, -0.1) is 19.0 Å². The number of aromatic hydroxyl groups is 1. The number of benzene rings is 2. The van der Waals surface area contributed by atoms with Gasteiger partial charge in [0.25, 0.3) is 0 Å². The molecule has 0 fully saturated rings. The number of phenolic OH excluding ortho intramolecular Hbond substituents is 1. The molecule has 0 saturated heterocycles. The van der Waals surface area contributed by atoms with E-state index < -0.39 is 0 Å². The molecule has 2 aromatic rings. The summed E-state index contributed by atoms with van der Waals surface area (Å²) in [5, 5.41) is 12.1. The Labute approximate surface area is 114 Å². The van der Waals surface area contributed by atoms with Gasteiger partial charge in [0.2, 0.25) is 0 Å². The van der Waals surface area contributed by atoms with Gasteiger partial charge in [0.05, 0.1) is 0 Å². The van der Waals surface area contributed by atoms with E-state index in [4.69, 9.17) is 5.73 Å². The lowest BCUT2D eigenvalue weighted by Crippen LogP contribution is -2.11. The van der Waals surface area contributed by atoms with E-state index in [-0.39, 0.29) is 24.2 Å². The minimum Gasteiger partial charge on any atom is -0.508 e. The molecule has 96 valence electrons. The minimum atomic E-state index is -0.210. The number of halogens is 1. The Hall–Kier alpha value is -1.51. The molecule has 0 aliphatic heterocycles. The molecule has 1 atom stereocenters. The van der Waals surface area contributed by atoms with Crippen molar-refractivity contribution in [1.82, 2.24) is 0 Å². The molecular weight excluding hydrogens is 246 g/mol. The Bertz CT molecular complexity index is 565. The number of phenols is 1. The summed E-state index contributed by atoms with van der Waals surface area (Å²) in [6.45, 7) is 5.82. The summed E-state index contributed by atoms with van der Waals surface area (Å²) < 4.78 is 0. The van der Waals surface area contributed by atoms with Crippen molar-refractivity contribution in [3.05, 3.63) is 54.1 Å². The fourth-order valence-corrected chi connectivity index (χ4v) is 2.15. The Balaban J connectivity index is 0.00000162. The molecule has 0 radical (unpaired) electrons. The molecule has 0 aliphatic carbocycles. The van der Waals surface area contributed by atoms with Gasteiger partial charge in [0, 0.05) is 11.6 Å². The zero-order valence-corrected chi connectivity index (χ0v) is 11.2. The van der Waals surface area contributed by atoms with Gasteiger partial charge >= 0.3 is 0 Å². The standard InChI is InChI=1S/C15H17NO.ClH/c1-10(2)9-13(16)15-12-6-4-3-5-11(12)7-8-14(15)17;/h3-8,13,17H,1,9,16H2,2H3;1H/t13-;/m1./s1. The van der Waals surface area contributed by atoms with Gasteiger partial charge in [-0.3, -0.25) is 0 Å². The maximum atomic E-state index is 9.98. The molecule has 3 N–H and O–H groups in total. The summed E-state index contributed by atoms with van der Waals surface area (Å²) in [6, 6.07) is 11.3. The van der Waals surface area contributed by atoms with Crippen LogP contribution in [0.5, 0.6) is 5.75 Å². The number of fused-ring (bicyclic) bond motifs is 1. The monoisotopic (exact) mass is 263 g/mol. The first-order chi connectivity index (χ1) is 8.09. The highest BCUT2D eigenvalue weighted by Crippen LogP contribution is 2.33. The molecule has 0 bridgehead atoms. The third-order valence-electron chi connectivity index (χ3n) is 2.89. The van der Waals surface area contributed by atoms with Crippen LogP contribution >= 0.6 is 12.4 Å². The van der Waals surface area contributed by atoms with Gasteiger partial charge in [0.1, 0.15) is 5.75 Å². The van der Waals surface area contributed by atoms with E-state index in [1.54, 1.807) is 6.07 Å². The van der Waals surface area contributed by atoms with Crippen molar-refractivity contribution in [2.75, 3.05) is 0 Å². The second-order valence-electron chi connectivity index (χ2n) is 4.49. The SMILES string of the molecule is C=C(C)C[C@@H](N)c1c(O)ccc2ccccc12.Cl. The van der Waals surface area contributed by atoms with Crippen LogP contribution in [0.2, 0.25) is 0 Å². The lowest BCUT2D eigenvalue weighted by molar-refractivity contribution is 0.463. The third-order valence-corrected chi connectivity index (χ3v) is 2.89. The zero-order chi connectivity index (χ0) is 12.4. The van der Waals surface area contributed by atoms with E-state index in [2.05, 4.69) is 6.58 Å². The molecular formula is C15H18ClNO. The van der Waals surface area contributed by atoms with E-state index in [9.17, 15) is 5.11 Å². The Kier molecular flexibility index (Phi) is 4.76. The summed E-state index contributed by atoms with van der Waals surface area (Å²) in [7, 11) is 0. The number of nitrogens with two attached hydrogens (primary N) is 1. The van der Waals surface area contributed by atoms with E-state index in [1.807, 2.05) is 37.3 Å². The average molecular weight is 264 g/mol. The van der Waals surface area contributed by atoms with Gasteiger partial charge in [-0.05, 0) is 30.2 Å². The van der Waals surface area contributed by atoms with Crippen LogP contribution in [-0.4, -0.2) is 5.11 Å². The van der Waals surface area contributed by atoms with Crippen LogP contribution in [0.3, 0.4) is 0 Å². The molecule has 0 aliphatic rings. The molecule has 0 aromatic heterocycles. The summed E-state index contributed by atoms with van der Waals surface area (Å²) >= 11 is 0. The summed E-state index contributed by atoms with van der Waals surface area (Å²) in [4.78, 5) is 0. The van der Waals surface area contributed by atoms with E-state index in [0.717, 1.165) is 21.9 Å². The molecule has 2 rings (SSSR count). The van der Waals surface area contributed by atoms with Crippen LogP contribution in [0.4, 0.5) is 0 Å². The number of rotatable bonds is 3. The Morgan fingerprint density at radius 1 is 1.28 bits per heavy atom. The first-order valence-electron chi connectivity index (χ1n) is 5.70. The molecule has 0 spiro atoms. The third kappa shape index (κ3) is 2.84. The molecule has 2 aromatic carbocycles. The van der Waals surface area contributed by atoms with Gasteiger partial charge in [-0.1, -0.05) is 35.9 Å². The normalized spacial score (nSPS) is 11.9. The lowest BCUT2D eigenvalue weighted by Gasteiger charge is -2.16. The summed E-state index contributed by atoms with van der Waals surface area (Å²) in [6.07, 6.45) is 0.682. The Morgan fingerprint density at radius 2 is 1.94 bits per heavy atom. The van der Waals surface area contributed by atoms with Crippen LogP contribution < -0.4 is 5.73 Å². The number of hydrogen-bond donors (Lipinski definition) is 2. The Morgan fingerprint density at radius 3 is 2.61 bits per heavy atom. The maximum Gasteiger partial charge on any atom is 0.120 e. The van der Waals surface area contributed by atoms with Gasteiger partial charge < -0.3 is 10.8 Å². The van der Waals surface area contributed by atoms with Crippen LogP contribution in [0.1, 0.15) is 24.9 Å². The predicted octanol–water partition coefficient (Wildman–Crippen LogP) is 3.93. The molecule has 18 heavy (non-hydrogen) atoms. The van der Waals surface area contributed by atoms with Crippen molar-refractivity contribution in [2.24, 2.45) is 5.73 Å². The molecule has 0 heterocycles. The van der Waals surface area contributed by atoms with E-state index in [0.29, 0.717) is 6.42 Å². The van der Waals surface area contributed by atoms with Crippen molar-refractivity contribution >= 4 is 23.2 Å². The second kappa shape index (κ2) is 5.89. The molecule has 0 saturated carbocycles. The fraction of sp³-hybridized carbons (Fsp3) is 0.200. The van der Waals surface area contributed by atoms with Gasteiger partial charge in [-0.25, -0.2) is 0 Å². The summed E-state index contributed by atoms with van der Waals surface area (Å²) in [5.41, 5.74) is 7.97. The topological polar surface area (TPSA) is 46.2 Å². The van der Waals surface area contributed by atoms with Gasteiger partial charge in [-0.2, -0.15) is 0 Å². The zero-order valence-electron chi connectivity index (χ0n) is 10.4. The van der Waals surface area contributed by atoms with Crippen LogP contribution in [-0.2, 0) is 0 Å². The van der Waals surface area contributed by atoms with E-state index >= 15 is 0 Å². The fourth-order valence-electron chi connectivity index (χ4n) is 2.15. The smallest absolute Gasteiger partial charge is 0.120 e. The van der Waals surface area contributed by atoms with Crippen molar-refractivity contribution < 1.29 is 5.11 Å². The van der Waals surface area contributed by atoms with Crippen LogP contribution in [0.15, 0.2) is 48.6 Å². The molecule has 0 unspecified atom stereocenters. The molecule has 3 heteroatoms. The highest BCUT2D eigenvalue weighted by atomic mass is 35.5. The highest BCUT2D eigenvalue weighted by Gasteiger charge is 2.14. The quantitative estimate of drug-likeness (QED) is 0.824. The lowest BCUT2D eigenvalue weighted by atomic mass is 9.94. The predicted molar refractivity (Wildman–Crippen MR) is 79.2 cm³/mol.